The fourth-order valence-corrected chi connectivity index (χ4v) is 11.3. The average molecular weight is 960 g/mol. The van der Waals surface area contributed by atoms with Crippen molar-refractivity contribution in [3.63, 3.8) is 0 Å². The third-order valence-corrected chi connectivity index (χ3v) is 15.7. The van der Waals surface area contributed by atoms with Gasteiger partial charge in [0.05, 0.1) is 30.9 Å². The molecular weight excluding hydrogens is 905 g/mol. The molecule has 2 aromatic heterocycles. The second-order valence-electron chi connectivity index (χ2n) is 18.8. The lowest BCUT2D eigenvalue weighted by molar-refractivity contribution is -0.137. The zero-order valence-corrected chi connectivity index (χ0v) is 40.3. The van der Waals surface area contributed by atoms with Crippen LogP contribution in [0.15, 0.2) is 67.1 Å². The van der Waals surface area contributed by atoms with Crippen LogP contribution in [0.3, 0.4) is 0 Å². The number of benzene rings is 3. The van der Waals surface area contributed by atoms with Crippen molar-refractivity contribution in [2.75, 3.05) is 80.1 Å². The van der Waals surface area contributed by atoms with E-state index in [0.29, 0.717) is 105 Å². The van der Waals surface area contributed by atoms with E-state index in [0.717, 1.165) is 46.2 Å². The second-order valence-corrected chi connectivity index (χ2v) is 22.4. The Bertz CT molecular complexity index is 2880. The zero-order chi connectivity index (χ0) is 47.4. The molecule has 354 valence electrons. The highest BCUT2D eigenvalue weighted by Crippen LogP contribution is 2.45. The van der Waals surface area contributed by atoms with Gasteiger partial charge >= 0.3 is 0 Å². The number of carbonyl (C=O) groups is 4. The summed E-state index contributed by atoms with van der Waals surface area (Å²) in [5, 5.41) is 14.6. The Kier molecular flexibility index (Phi) is 12.1. The summed E-state index contributed by atoms with van der Waals surface area (Å²) >= 11 is 6.66. The van der Waals surface area contributed by atoms with Crippen LogP contribution in [0.25, 0.3) is 11.1 Å². The van der Waals surface area contributed by atoms with Gasteiger partial charge in [0.1, 0.15) is 24.0 Å². The number of aromatic nitrogens is 4. The molecule has 17 nitrogen and oxygen atoms in total. The first-order chi connectivity index (χ1) is 32.7. The van der Waals surface area contributed by atoms with E-state index in [2.05, 4.69) is 48.0 Å². The first-order valence-corrected chi connectivity index (χ1v) is 26.2. The van der Waals surface area contributed by atoms with Crippen LogP contribution in [-0.4, -0.2) is 119 Å². The number of aryl methyl sites for hydroxylation is 1. The fourth-order valence-electron chi connectivity index (χ4n) is 9.99. The van der Waals surface area contributed by atoms with E-state index in [1.807, 2.05) is 60.7 Å². The number of nitrogens with zero attached hydrogens (tertiary/aromatic N) is 8. The van der Waals surface area contributed by atoms with Crippen LogP contribution < -0.4 is 35.8 Å². The largest absolute Gasteiger partial charge is 0.494 e. The molecule has 1 unspecified atom stereocenters. The van der Waals surface area contributed by atoms with E-state index >= 15 is 0 Å². The molecule has 3 saturated heterocycles. The van der Waals surface area contributed by atoms with E-state index in [-0.39, 0.29) is 36.0 Å². The monoisotopic (exact) mass is 959 g/mol. The van der Waals surface area contributed by atoms with Crippen molar-refractivity contribution in [1.29, 1.82) is 0 Å². The number of piperazine rings is 1. The topological polar surface area (TPSA) is 187 Å². The van der Waals surface area contributed by atoms with Crippen LogP contribution in [0, 0.1) is 5.92 Å². The Hall–Kier alpha value is -6.45. The van der Waals surface area contributed by atoms with Gasteiger partial charge in [0, 0.05) is 111 Å². The molecule has 3 aromatic carbocycles. The summed E-state index contributed by atoms with van der Waals surface area (Å²) in [7, 11) is 0.859. The fraction of sp³-hybridized carbons (Fsp3) is 0.408. The highest BCUT2D eigenvalue weighted by Gasteiger charge is 2.40. The predicted molar refractivity (Wildman–Crippen MR) is 263 cm³/mol. The molecule has 6 heterocycles. The lowest BCUT2D eigenvalue weighted by Gasteiger charge is -2.40. The van der Waals surface area contributed by atoms with Gasteiger partial charge in [-0.25, -0.2) is 4.98 Å². The minimum absolute atomic E-state index is 0.106. The smallest absolute Gasteiger partial charge is 0.255 e. The van der Waals surface area contributed by atoms with Crippen molar-refractivity contribution >= 4 is 82.2 Å². The number of fused-ring (bicyclic) bond motifs is 1. The third-order valence-electron chi connectivity index (χ3n) is 13.9. The Morgan fingerprint density at radius 1 is 0.868 bits per heavy atom. The van der Waals surface area contributed by atoms with Gasteiger partial charge < -0.3 is 39.5 Å². The van der Waals surface area contributed by atoms with Crippen molar-refractivity contribution in [2.45, 2.75) is 57.0 Å². The molecule has 0 bridgehead atoms. The maximum absolute atomic E-state index is 14.0. The lowest BCUT2D eigenvalue weighted by atomic mass is 9.93. The van der Waals surface area contributed by atoms with Gasteiger partial charge in [-0.05, 0) is 98.9 Å². The highest BCUT2D eigenvalue weighted by atomic mass is 35.5. The summed E-state index contributed by atoms with van der Waals surface area (Å²) in [6, 6.07) is 15.3. The number of ether oxygens (including phenoxy) is 1. The predicted octanol–water partition coefficient (Wildman–Crippen LogP) is 6.48. The van der Waals surface area contributed by atoms with Gasteiger partial charge in [-0.2, -0.15) is 10.1 Å². The van der Waals surface area contributed by atoms with E-state index < -0.39 is 19.1 Å². The second kappa shape index (κ2) is 18.2. The zero-order valence-electron chi connectivity index (χ0n) is 38.6. The van der Waals surface area contributed by atoms with Crippen LogP contribution in [0.1, 0.15) is 65.9 Å². The molecule has 4 aliphatic heterocycles. The van der Waals surface area contributed by atoms with Gasteiger partial charge in [0.25, 0.3) is 5.91 Å². The maximum atomic E-state index is 14.0. The molecule has 68 heavy (non-hydrogen) atoms. The molecule has 3 N–H and O–H groups in total. The summed E-state index contributed by atoms with van der Waals surface area (Å²) < 4.78 is 21.2. The number of carbonyl (C=O) groups excluding carboxylic acids is 4. The Morgan fingerprint density at radius 3 is 2.34 bits per heavy atom. The van der Waals surface area contributed by atoms with Crippen molar-refractivity contribution in [1.82, 2.24) is 34.9 Å². The van der Waals surface area contributed by atoms with Crippen LogP contribution in [0.4, 0.5) is 34.5 Å². The van der Waals surface area contributed by atoms with E-state index in [1.165, 1.54) is 11.8 Å². The van der Waals surface area contributed by atoms with Gasteiger partial charge in [0.15, 0.2) is 5.82 Å². The lowest BCUT2D eigenvalue weighted by Crippen LogP contribution is -2.52. The number of anilines is 6. The third kappa shape index (κ3) is 9.13. The molecule has 4 fully saturated rings. The summed E-state index contributed by atoms with van der Waals surface area (Å²) in [6.45, 7) is 7.72. The molecule has 5 aromatic rings. The number of rotatable bonds is 12. The van der Waals surface area contributed by atoms with Crippen molar-refractivity contribution in [3.05, 3.63) is 88.8 Å². The number of nitrogens with one attached hydrogen (secondary N) is 3. The Morgan fingerprint density at radius 2 is 1.65 bits per heavy atom. The van der Waals surface area contributed by atoms with Crippen LogP contribution >= 0.6 is 18.7 Å². The number of halogens is 1. The van der Waals surface area contributed by atoms with Gasteiger partial charge in [-0.3, -0.25) is 29.2 Å². The minimum atomic E-state index is -2.65. The summed E-state index contributed by atoms with van der Waals surface area (Å²) in [5.74, 6) is 0.909. The van der Waals surface area contributed by atoms with E-state index in [4.69, 9.17) is 21.3 Å². The number of piperidine rings is 2. The minimum Gasteiger partial charge on any atom is -0.494 e. The molecule has 10 rings (SSSR count). The summed E-state index contributed by atoms with van der Waals surface area (Å²) in [6.07, 6.45) is 9.55. The first-order valence-electron chi connectivity index (χ1n) is 23.2. The molecule has 19 heteroatoms. The number of hydrogen-bond donors (Lipinski definition) is 3. The molecule has 1 saturated carbocycles. The van der Waals surface area contributed by atoms with Gasteiger partial charge in [-0.15, -0.1) is 0 Å². The maximum Gasteiger partial charge on any atom is 0.255 e. The van der Waals surface area contributed by atoms with Crippen LogP contribution in [-0.2, 0) is 32.5 Å². The van der Waals surface area contributed by atoms with Gasteiger partial charge in [0.2, 0.25) is 23.7 Å². The normalized spacial score (nSPS) is 19.0. The quantitative estimate of drug-likeness (QED) is 0.0913. The van der Waals surface area contributed by atoms with Crippen LogP contribution in [0.5, 0.6) is 5.75 Å². The molecule has 0 spiro atoms. The average Bonchev–Trinajstić information content (AvgIpc) is 4.02. The molecular formula is C49H55ClN11O6P. The Labute approximate surface area is 399 Å². The number of amides is 4. The van der Waals surface area contributed by atoms with Crippen molar-refractivity contribution < 1.29 is 28.5 Å². The molecule has 5 aliphatic rings. The van der Waals surface area contributed by atoms with E-state index in [9.17, 15) is 23.7 Å². The first kappa shape index (κ1) is 45.3. The standard InChI is InChI=1S/C49H55ClN11O6P/c1-57-27-33(25-52-57)36-23-39(54-49-51-26-37(50)45(56-49)53-38-10-7-31(29-5-6-29)22-43(38)68(3,4)66)42(67-2)24-41(36)59-15-13-30(14-16-59)47(64)60-19-17-58(18-20-60)34-8-9-35-32(21-34)28-61(48(35)65)40-11-12-44(62)55-46(40)63/h7-10,21-27,29-30,40H,5-6,11-20,28H2,1-4H3,(H,55,62,63)(H2,51,53,54,56). The summed E-state index contributed by atoms with van der Waals surface area (Å²) in [4.78, 5) is 68.9. The van der Waals surface area contributed by atoms with Gasteiger partial charge in [-0.1, -0.05) is 17.7 Å². The van der Waals surface area contributed by atoms with Crippen LogP contribution in [0.2, 0.25) is 5.02 Å². The molecule has 0 radical (unpaired) electrons. The van der Waals surface area contributed by atoms with Crippen molar-refractivity contribution in [3.8, 4) is 16.9 Å². The molecule has 1 atom stereocenters. The number of hydrogen-bond acceptors (Lipinski definition) is 13. The van der Waals surface area contributed by atoms with Crippen molar-refractivity contribution in [2.24, 2.45) is 13.0 Å². The summed E-state index contributed by atoms with van der Waals surface area (Å²) in [5.41, 5.74) is 7.76. The Balaban J connectivity index is 0.800. The molecule has 1 aliphatic carbocycles. The number of methoxy groups -OCH3 is 1. The number of imide groups is 1. The molecule has 4 amide bonds. The van der Waals surface area contributed by atoms with E-state index in [1.54, 1.807) is 30.0 Å². The highest BCUT2D eigenvalue weighted by molar-refractivity contribution is 7.70. The SMILES string of the molecule is COc1cc(N2CCC(C(=O)N3CCN(c4ccc5c(c4)CN(C4CCC(=O)NC4=O)C5=O)CC3)CC2)c(-c2cnn(C)c2)cc1Nc1ncc(Cl)c(Nc2ccc(C3CC3)cc2P(C)(C)=O)n1.